The topological polar surface area (TPSA) is 61.5 Å². The predicted molar refractivity (Wildman–Crippen MR) is 65.4 cm³/mol. The zero-order valence-electron chi connectivity index (χ0n) is 10.3. The van der Waals surface area contributed by atoms with Crippen LogP contribution in [0.25, 0.3) is 0 Å². The van der Waals surface area contributed by atoms with E-state index in [0.29, 0.717) is 13.0 Å². The van der Waals surface area contributed by atoms with Crippen LogP contribution in [0.5, 0.6) is 0 Å². The average molecular weight is 237 g/mol. The van der Waals surface area contributed by atoms with Crippen molar-refractivity contribution in [3.63, 3.8) is 0 Å². The molecule has 94 valence electrons. The van der Waals surface area contributed by atoms with Crippen LogP contribution in [0.4, 0.5) is 0 Å². The van der Waals surface area contributed by atoms with Crippen LogP contribution < -0.4 is 5.73 Å². The molecule has 0 bridgehead atoms. The number of esters is 1. The van der Waals surface area contributed by atoms with Crippen LogP contribution in [0.3, 0.4) is 0 Å². The maximum absolute atomic E-state index is 11.5. The number of methoxy groups -OCH3 is 2. The molecule has 0 aliphatic carbocycles. The Kier molecular flexibility index (Phi) is 5.66. The van der Waals surface area contributed by atoms with Crippen molar-refractivity contribution in [3.8, 4) is 0 Å². The highest BCUT2D eigenvalue weighted by molar-refractivity contribution is 5.73. The van der Waals surface area contributed by atoms with Gasteiger partial charge in [-0.2, -0.15) is 0 Å². The third kappa shape index (κ3) is 3.84. The fourth-order valence-corrected chi connectivity index (χ4v) is 1.75. The zero-order valence-corrected chi connectivity index (χ0v) is 10.3. The third-order valence-corrected chi connectivity index (χ3v) is 2.70. The van der Waals surface area contributed by atoms with Gasteiger partial charge >= 0.3 is 5.97 Å². The normalized spacial score (nSPS) is 12.2. The van der Waals surface area contributed by atoms with E-state index in [1.54, 1.807) is 7.11 Å². The molecule has 0 heterocycles. The Labute approximate surface area is 102 Å². The predicted octanol–water partition coefficient (Wildman–Crippen LogP) is 1.12. The van der Waals surface area contributed by atoms with Crippen LogP contribution in [0.2, 0.25) is 0 Å². The Morgan fingerprint density at radius 2 is 1.94 bits per heavy atom. The lowest BCUT2D eigenvalue weighted by Gasteiger charge is -2.14. The lowest BCUT2D eigenvalue weighted by Crippen LogP contribution is -2.27. The minimum Gasteiger partial charge on any atom is -0.469 e. The molecule has 1 rings (SSSR count). The number of hydrogen-bond donors (Lipinski definition) is 1. The number of ether oxygens (including phenoxy) is 2. The quantitative estimate of drug-likeness (QED) is 0.753. The number of benzene rings is 1. The summed E-state index contributed by atoms with van der Waals surface area (Å²) in [5, 5.41) is 0. The molecule has 4 nitrogen and oxygen atoms in total. The van der Waals surface area contributed by atoms with Gasteiger partial charge in [-0.3, -0.25) is 4.79 Å². The van der Waals surface area contributed by atoms with Gasteiger partial charge in [0.15, 0.2) is 0 Å². The van der Waals surface area contributed by atoms with E-state index in [4.69, 9.17) is 15.2 Å². The van der Waals surface area contributed by atoms with Gasteiger partial charge in [-0.05, 0) is 17.5 Å². The van der Waals surface area contributed by atoms with Gasteiger partial charge in [0.2, 0.25) is 0 Å². The molecule has 0 fully saturated rings. The number of carbonyl (C=O) groups is 1. The first-order valence-corrected chi connectivity index (χ1v) is 5.56. The SMILES string of the molecule is COCc1ccccc1CC(CN)C(=O)OC. The van der Waals surface area contributed by atoms with Crippen molar-refractivity contribution >= 4 is 5.97 Å². The van der Waals surface area contributed by atoms with Crippen molar-refractivity contribution in [2.75, 3.05) is 20.8 Å². The largest absolute Gasteiger partial charge is 0.469 e. The summed E-state index contributed by atoms with van der Waals surface area (Å²) in [6.07, 6.45) is 0.586. The second kappa shape index (κ2) is 7.04. The monoisotopic (exact) mass is 237 g/mol. The van der Waals surface area contributed by atoms with Crippen LogP contribution in [0, 0.1) is 5.92 Å². The Balaban J connectivity index is 2.81. The molecular formula is C13H19NO3. The smallest absolute Gasteiger partial charge is 0.310 e. The van der Waals surface area contributed by atoms with Gasteiger partial charge in [-0.25, -0.2) is 0 Å². The van der Waals surface area contributed by atoms with Crippen LogP contribution in [-0.4, -0.2) is 26.7 Å². The van der Waals surface area contributed by atoms with E-state index >= 15 is 0 Å². The second-order valence-corrected chi connectivity index (χ2v) is 3.86. The van der Waals surface area contributed by atoms with E-state index in [0.717, 1.165) is 11.1 Å². The van der Waals surface area contributed by atoms with Gasteiger partial charge in [-0.1, -0.05) is 24.3 Å². The minimum absolute atomic E-state index is 0.264. The third-order valence-electron chi connectivity index (χ3n) is 2.70. The maximum atomic E-state index is 11.5. The van der Waals surface area contributed by atoms with Crippen molar-refractivity contribution in [2.24, 2.45) is 11.7 Å². The van der Waals surface area contributed by atoms with E-state index < -0.39 is 0 Å². The standard InChI is InChI=1S/C13H19NO3/c1-16-9-11-6-4-3-5-10(11)7-12(8-14)13(15)17-2/h3-6,12H,7-9,14H2,1-2H3. The molecule has 0 aliphatic heterocycles. The van der Waals surface area contributed by atoms with Gasteiger partial charge in [-0.15, -0.1) is 0 Å². The first-order valence-electron chi connectivity index (χ1n) is 5.56. The highest BCUT2D eigenvalue weighted by atomic mass is 16.5. The lowest BCUT2D eigenvalue weighted by molar-refractivity contribution is -0.145. The van der Waals surface area contributed by atoms with E-state index in [9.17, 15) is 4.79 Å². The Morgan fingerprint density at radius 1 is 1.29 bits per heavy atom. The van der Waals surface area contributed by atoms with E-state index in [1.165, 1.54) is 7.11 Å². The Morgan fingerprint density at radius 3 is 2.47 bits per heavy atom. The van der Waals surface area contributed by atoms with E-state index in [2.05, 4.69) is 0 Å². The van der Waals surface area contributed by atoms with E-state index in [1.807, 2.05) is 24.3 Å². The molecule has 17 heavy (non-hydrogen) atoms. The maximum Gasteiger partial charge on any atom is 0.310 e. The van der Waals surface area contributed by atoms with E-state index in [-0.39, 0.29) is 18.4 Å². The van der Waals surface area contributed by atoms with Crippen molar-refractivity contribution < 1.29 is 14.3 Å². The summed E-state index contributed by atoms with van der Waals surface area (Å²) in [5.41, 5.74) is 7.75. The van der Waals surface area contributed by atoms with Crippen LogP contribution >= 0.6 is 0 Å². The number of rotatable bonds is 6. The molecule has 0 aliphatic rings. The number of nitrogens with two attached hydrogens (primary N) is 1. The average Bonchev–Trinajstić information content (AvgIpc) is 2.37. The molecule has 1 unspecified atom stereocenters. The molecule has 1 aromatic rings. The fourth-order valence-electron chi connectivity index (χ4n) is 1.75. The molecule has 0 radical (unpaired) electrons. The van der Waals surface area contributed by atoms with Crippen molar-refractivity contribution in [1.29, 1.82) is 0 Å². The molecule has 4 heteroatoms. The summed E-state index contributed by atoms with van der Waals surface area (Å²) >= 11 is 0. The highest BCUT2D eigenvalue weighted by Crippen LogP contribution is 2.15. The fraction of sp³-hybridized carbons (Fsp3) is 0.462. The molecule has 2 N–H and O–H groups in total. The lowest BCUT2D eigenvalue weighted by atomic mass is 9.96. The molecule has 0 amide bonds. The minimum atomic E-state index is -0.294. The highest BCUT2D eigenvalue weighted by Gasteiger charge is 2.18. The summed E-state index contributed by atoms with van der Waals surface area (Å²) in [6, 6.07) is 7.87. The van der Waals surface area contributed by atoms with Crippen LogP contribution in [0.1, 0.15) is 11.1 Å². The number of carbonyl (C=O) groups excluding carboxylic acids is 1. The van der Waals surface area contributed by atoms with Crippen molar-refractivity contribution in [3.05, 3.63) is 35.4 Å². The van der Waals surface area contributed by atoms with Gasteiger partial charge in [0.1, 0.15) is 0 Å². The van der Waals surface area contributed by atoms with Gasteiger partial charge in [0.05, 0.1) is 19.6 Å². The summed E-state index contributed by atoms with van der Waals surface area (Å²) < 4.78 is 9.85. The van der Waals surface area contributed by atoms with Crippen LogP contribution in [0.15, 0.2) is 24.3 Å². The molecular weight excluding hydrogens is 218 g/mol. The van der Waals surface area contributed by atoms with Gasteiger partial charge < -0.3 is 15.2 Å². The molecule has 0 aromatic heterocycles. The van der Waals surface area contributed by atoms with Gasteiger partial charge in [0, 0.05) is 13.7 Å². The van der Waals surface area contributed by atoms with Crippen molar-refractivity contribution in [1.82, 2.24) is 0 Å². The Hall–Kier alpha value is -1.39. The van der Waals surface area contributed by atoms with Crippen LogP contribution in [-0.2, 0) is 27.3 Å². The zero-order chi connectivity index (χ0) is 12.7. The summed E-state index contributed by atoms with van der Waals surface area (Å²) in [6.45, 7) is 0.822. The molecule has 1 aromatic carbocycles. The van der Waals surface area contributed by atoms with Gasteiger partial charge in [0.25, 0.3) is 0 Å². The summed E-state index contributed by atoms with van der Waals surface area (Å²) in [7, 11) is 3.03. The molecule has 0 saturated heterocycles. The Bertz CT molecular complexity index is 365. The first kappa shape index (κ1) is 13.7. The molecule has 1 atom stereocenters. The molecule has 0 saturated carbocycles. The van der Waals surface area contributed by atoms with Crippen molar-refractivity contribution in [2.45, 2.75) is 13.0 Å². The summed E-state index contributed by atoms with van der Waals surface area (Å²) in [5.74, 6) is -0.558. The summed E-state index contributed by atoms with van der Waals surface area (Å²) in [4.78, 5) is 11.5. The first-order chi connectivity index (χ1) is 8.22. The number of hydrogen-bond acceptors (Lipinski definition) is 4. The molecule has 0 spiro atoms. The second-order valence-electron chi connectivity index (χ2n) is 3.86.